The van der Waals surface area contributed by atoms with Crippen LogP contribution in [0.2, 0.25) is 0 Å². The van der Waals surface area contributed by atoms with Gasteiger partial charge in [0, 0.05) is 19.0 Å². The SMILES string of the molecule is CC1CC(=O)N(c2ccccc2C(F)(F)F)N1CCO. The topological polar surface area (TPSA) is 43.8 Å². The summed E-state index contributed by atoms with van der Waals surface area (Å²) in [5, 5.41) is 11.5. The first-order valence-corrected chi connectivity index (χ1v) is 6.23. The van der Waals surface area contributed by atoms with Gasteiger partial charge in [0.2, 0.25) is 5.91 Å². The number of halogens is 3. The van der Waals surface area contributed by atoms with Crippen molar-refractivity contribution in [2.24, 2.45) is 0 Å². The number of alkyl halides is 3. The number of β-amino-alcohol motifs (C(OH)–C–C–N with tert-alkyl or cyclic N) is 1. The fourth-order valence-corrected chi connectivity index (χ4v) is 2.38. The zero-order chi connectivity index (χ0) is 14.9. The second-order valence-corrected chi connectivity index (χ2v) is 4.66. The fraction of sp³-hybridized carbons (Fsp3) is 0.462. The lowest BCUT2D eigenvalue weighted by molar-refractivity contribution is -0.137. The van der Waals surface area contributed by atoms with Crippen LogP contribution >= 0.6 is 0 Å². The van der Waals surface area contributed by atoms with Crippen LogP contribution in [-0.2, 0) is 11.0 Å². The van der Waals surface area contributed by atoms with E-state index in [0.717, 1.165) is 11.1 Å². The van der Waals surface area contributed by atoms with Crippen molar-refractivity contribution in [3.05, 3.63) is 29.8 Å². The van der Waals surface area contributed by atoms with Crippen molar-refractivity contribution in [2.75, 3.05) is 18.2 Å². The Morgan fingerprint density at radius 3 is 2.60 bits per heavy atom. The maximum absolute atomic E-state index is 13.0. The molecule has 110 valence electrons. The molecule has 0 radical (unpaired) electrons. The average Bonchev–Trinajstić information content (AvgIpc) is 2.64. The number of carbonyl (C=O) groups excluding carboxylic acids is 1. The lowest BCUT2D eigenvalue weighted by Crippen LogP contribution is -2.44. The molecule has 1 fully saturated rings. The van der Waals surface area contributed by atoms with Crippen LogP contribution in [0.1, 0.15) is 18.9 Å². The summed E-state index contributed by atoms with van der Waals surface area (Å²) in [5.74, 6) is -0.400. The first-order chi connectivity index (χ1) is 9.36. The molecule has 1 atom stereocenters. The predicted octanol–water partition coefficient (Wildman–Crippen LogP) is 2.04. The molecule has 0 aliphatic carbocycles. The molecule has 7 heteroatoms. The quantitative estimate of drug-likeness (QED) is 0.925. The molecule has 1 aromatic carbocycles. The van der Waals surface area contributed by atoms with Gasteiger partial charge in [-0.3, -0.25) is 4.79 Å². The van der Waals surface area contributed by atoms with Crippen molar-refractivity contribution in [1.29, 1.82) is 0 Å². The molecule has 1 saturated heterocycles. The Bertz CT molecular complexity index is 505. The van der Waals surface area contributed by atoms with E-state index in [0.29, 0.717) is 0 Å². The van der Waals surface area contributed by atoms with Crippen LogP contribution in [0.25, 0.3) is 0 Å². The zero-order valence-corrected chi connectivity index (χ0v) is 10.9. The third kappa shape index (κ3) is 2.64. The molecule has 0 saturated carbocycles. The highest BCUT2D eigenvalue weighted by Gasteiger charge is 2.41. The molecular formula is C13H15F3N2O2. The summed E-state index contributed by atoms with van der Waals surface area (Å²) in [5.41, 5.74) is -1.05. The minimum atomic E-state index is -4.53. The summed E-state index contributed by atoms with van der Waals surface area (Å²) >= 11 is 0. The number of anilines is 1. The average molecular weight is 288 g/mol. The summed E-state index contributed by atoms with van der Waals surface area (Å²) in [6.07, 6.45) is -4.40. The van der Waals surface area contributed by atoms with Gasteiger partial charge in [0.05, 0.1) is 17.9 Å². The first kappa shape index (κ1) is 14.8. The first-order valence-electron chi connectivity index (χ1n) is 6.23. The Hall–Kier alpha value is -1.60. The Morgan fingerprint density at radius 2 is 2.00 bits per heavy atom. The van der Waals surface area contributed by atoms with Gasteiger partial charge in [0.25, 0.3) is 0 Å². The van der Waals surface area contributed by atoms with Crippen molar-refractivity contribution in [3.8, 4) is 0 Å². The third-order valence-electron chi connectivity index (χ3n) is 3.24. The Kier molecular flexibility index (Phi) is 4.01. The number of hydrazine groups is 1. The van der Waals surface area contributed by atoms with E-state index < -0.39 is 17.6 Å². The minimum absolute atomic E-state index is 0.110. The molecule has 2 rings (SSSR count). The van der Waals surface area contributed by atoms with Crippen LogP contribution in [0.3, 0.4) is 0 Å². The number of para-hydroxylation sites is 1. The maximum Gasteiger partial charge on any atom is 0.418 e. The Balaban J connectivity index is 2.46. The predicted molar refractivity (Wildman–Crippen MR) is 66.8 cm³/mol. The number of aliphatic hydroxyl groups is 1. The molecule has 1 aromatic rings. The van der Waals surface area contributed by atoms with Gasteiger partial charge < -0.3 is 5.11 Å². The number of aliphatic hydroxyl groups excluding tert-OH is 1. The number of benzene rings is 1. The van der Waals surface area contributed by atoms with Crippen molar-refractivity contribution in [3.63, 3.8) is 0 Å². The molecule has 1 heterocycles. The molecule has 20 heavy (non-hydrogen) atoms. The van der Waals surface area contributed by atoms with E-state index >= 15 is 0 Å². The van der Waals surface area contributed by atoms with Gasteiger partial charge >= 0.3 is 6.18 Å². The number of hydrogen-bond donors (Lipinski definition) is 1. The molecular weight excluding hydrogens is 273 g/mol. The smallest absolute Gasteiger partial charge is 0.395 e. The number of rotatable bonds is 3. The summed E-state index contributed by atoms with van der Waals surface area (Å²) in [4.78, 5) is 12.0. The fourth-order valence-electron chi connectivity index (χ4n) is 2.38. The molecule has 1 N–H and O–H groups in total. The molecule has 0 aromatic heterocycles. The van der Waals surface area contributed by atoms with Gasteiger partial charge in [-0.15, -0.1) is 0 Å². The number of carbonyl (C=O) groups is 1. The van der Waals surface area contributed by atoms with Crippen molar-refractivity contribution >= 4 is 11.6 Å². The second-order valence-electron chi connectivity index (χ2n) is 4.66. The van der Waals surface area contributed by atoms with E-state index in [1.807, 2.05) is 0 Å². The van der Waals surface area contributed by atoms with Crippen LogP contribution < -0.4 is 5.01 Å². The monoisotopic (exact) mass is 288 g/mol. The summed E-state index contributed by atoms with van der Waals surface area (Å²) in [6.45, 7) is 1.62. The lowest BCUT2D eigenvalue weighted by atomic mass is 10.1. The molecule has 1 aliphatic rings. The van der Waals surface area contributed by atoms with Gasteiger partial charge in [-0.05, 0) is 19.1 Å². The van der Waals surface area contributed by atoms with Crippen LogP contribution in [0.15, 0.2) is 24.3 Å². The maximum atomic E-state index is 13.0. The number of hydrogen-bond acceptors (Lipinski definition) is 3. The van der Waals surface area contributed by atoms with Crippen molar-refractivity contribution in [2.45, 2.75) is 25.6 Å². The Morgan fingerprint density at radius 1 is 1.35 bits per heavy atom. The van der Waals surface area contributed by atoms with E-state index in [-0.39, 0.29) is 31.3 Å². The standard InChI is InChI=1S/C13H15F3N2O2/c1-9-8-12(20)18(17(9)6-7-19)11-5-3-2-4-10(11)13(14,15)16/h2-5,9,19H,6-8H2,1H3. The van der Waals surface area contributed by atoms with Crippen molar-refractivity contribution in [1.82, 2.24) is 5.01 Å². The number of nitrogens with zero attached hydrogens (tertiary/aromatic N) is 2. The molecule has 1 unspecified atom stereocenters. The van der Waals surface area contributed by atoms with Gasteiger partial charge in [-0.1, -0.05) is 12.1 Å². The van der Waals surface area contributed by atoms with E-state index in [1.54, 1.807) is 6.92 Å². The van der Waals surface area contributed by atoms with Crippen molar-refractivity contribution < 1.29 is 23.1 Å². The highest BCUT2D eigenvalue weighted by atomic mass is 19.4. The molecule has 0 bridgehead atoms. The summed E-state index contributed by atoms with van der Waals surface area (Å²) in [6, 6.07) is 4.72. The normalized spacial score (nSPS) is 20.8. The highest BCUT2D eigenvalue weighted by molar-refractivity contribution is 5.95. The van der Waals surface area contributed by atoms with E-state index in [1.165, 1.54) is 23.2 Å². The third-order valence-corrected chi connectivity index (χ3v) is 3.24. The zero-order valence-electron chi connectivity index (χ0n) is 10.9. The van der Waals surface area contributed by atoms with Gasteiger partial charge in [0.15, 0.2) is 0 Å². The Labute approximate surface area is 114 Å². The second kappa shape index (κ2) is 5.41. The molecule has 4 nitrogen and oxygen atoms in total. The molecule has 0 spiro atoms. The van der Waals surface area contributed by atoms with E-state index in [2.05, 4.69) is 0 Å². The largest absolute Gasteiger partial charge is 0.418 e. The highest BCUT2D eigenvalue weighted by Crippen LogP contribution is 2.39. The van der Waals surface area contributed by atoms with Crippen LogP contribution in [-0.4, -0.2) is 35.2 Å². The van der Waals surface area contributed by atoms with E-state index in [9.17, 15) is 18.0 Å². The van der Waals surface area contributed by atoms with Gasteiger partial charge in [-0.25, -0.2) is 10.0 Å². The van der Waals surface area contributed by atoms with Gasteiger partial charge in [-0.2, -0.15) is 13.2 Å². The van der Waals surface area contributed by atoms with E-state index in [4.69, 9.17) is 5.11 Å². The summed E-state index contributed by atoms with van der Waals surface area (Å²) in [7, 11) is 0. The summed E-state index contributed by atoms with van der Waals surface area (Å²) < 4.78 is 39.1. The molecule has 1 aliphatic heterocycles. The van der Waals surface area contributed by atoms with Crippen LogP contribution in [0, 0.1) is 0 Å². The van der Waals surface area contributed by atoms with Gasteiger partial charge in [0.1, 0.15) is 0 Å². The lowest BCUT2D eigenvalue weighted by Gasteiger charge is -2.31. The minimum Gasteiger partial charge on any atom is -0.395 e. The van der Waals surface area contributed by atoms with Crippen LogP contribution in [0.4, 0.5) is 18.9 Å². The molecule has 1 amide bonds. The number of amides is 1. The van der Waals surface area contributed by atoms with Crippen LogP contribution in [0.5, 0.6) is 0 Å².